The van der Waals surface area contributed by atoms with Crippen LogP contribution in [0.2, 0.25) is 0 Å². The predicted octanol–water partition coefficient (Wildman–Crippen LogP) is 4.28. The van der Waals surface area contributed by atoms with Crippen LogP contribution < -0.4 is 0 Å². The number of carbonyl (C=O) groups is 1. The van der Waals surface area contributed by atoms with Gasteiger partial charge in [0.1, 0.15) is 6.29 Å². The van der Waals surface area contributed by atoms with Crippen LogP contribution in [0.4, 0.5) is 0 Å². The van der Waals surface area contributed by atoms with Crippen LogP contribution in [0.15, 0.2) is 28.7 Å². The maximum atomic E-state index is 11.6. The predicted molar refractivity (Wildman–Crippen MR) is 86.6 cm³/mol. The molecule has 20 heavy (non-hydrogen) atoms. The van der Waals surface area contributed by atoms with Crippen LogP contribution in [0.3, 0.4) is 0 Å². The maximum Gasteiger partial charge on any atom is 0.127 e. The maximum absolute atomic E-state index is 11.6. The van der Waals surface area contributed by atoms with Crippen LogP contribution in [-0.2, 0) is 11.3 Å². The largest absolute Gasteiger partial charge is 0.303 e. The van der Waals surface area contributed by atoms with Crippen molar-refractivity contribution in [2.45, 2.75) is 39.2 Å². The first-order valence-corrected chi connectivity index (χ1v) is 8.22. The standard InChI is InChI=1S/C17H24BrNO/c1-14-6-8-17(13-20,9-7-14)12-19(2)11-15-4-3-5-16(18)10-15/h3-5,10,13-14H,6-9,11-12H2,1-2H3. The first-order chi connectivity index (χ1) is 9.53. The fraction of sp³-hybridized carbons (Fsp3) is 0.588. The zero-order valence-corrected chi connectivity index (χ0v) is 14.0. The van der Waals surface area contributed by atoms with Crippen molar-refractivity contribution in [3.8, 4) is 0 Å². The summed E-state index contributed by atoms with van der Waals surface area (Å²) in [4.78, 5) is 13.9. The molecule has 1 saturated carbocycles. The fourth-order valence-electron chi connectivity index (χ4n) is 3.19. The normalized spacial score (nSPS) is 26.7. The topological polar surface area (TPSA) is 20.3 Å². The Labute approximate surface area is 130 Å². The second-order valence-corrected chi connectivity index (χ2v) is 7.38. The molecule has 0 amide bonds. The zero-order chi connectivity index (χ0) is 14.6. The third-order valence-electron chi connectivity index (χ3n) is 4.45. The lowest BCUT2D eigenvalue weighted by atomic mass is 9.71. The quantitative estimate of drug-likeness (QED) is 0.747. The van der Waals surface area contributed by atoms with Crippen molar-refractivity contribution in [3.05, 3.63) is 34.3 Å². The first kappa shape index (κ1) is 15.7. The smallest absolute Gasteiger partial charge is 0.127 e. The van der Waals surface area contributed by atoms with Gasteiger partial charge in [-0.25, -0.2) is 0 Å². The van der Waals surface area contributed by atoms with Gasteiger partial charge in [0.05, 0.1) is 0 Å². The second kappa shape index (κ2) is 6.86. The molecule has 0 unspecified atom stereocenters. The Balaban J connectivity index is 1.95. The fourth-order valence-corrected chi connectivity index (χ4v) is 3.64. The molecule has 0 aliphatic heterocycles. The Hall–Kier alpha value is -0.670. The van der Waals surface area contributed by atoms with Crippen LogP contribution in [0.5, 0.6) is 0 Å². The van der Waals surface area contributed by atoms with Gasteiger partial charge in [-0.15, -0.1) is 0 Å². The van der Waals surface area contributed by atoms with Gasteiger partial charge in [0.15, 0.2) is 0 Å². The molecular weight excluding hydrogens is 314 g/mol. The molecule has 3 heteroatoms. The van der Waals surface area contributed by atoms with Crippen LogP contribution in [-0.4, -0.2) is 24.8 Å². The SMILES string of the molecule is CC1CCC(C=O)(CN(C)Cc2cccc(Br)c2)CC1. The number of nitrogens with zero attached hydrogens (tertiary/aromatic N) is 1. The third kappa shape index (κ3) is 4.16. The number of halogens is 1. The van der Waals surface area contributed by atoms with Crippen molar-refractivity contribution in [1.29, 1.82) is 0 Å². The molecule has 0 radical (unpaired) electrons. The van der Waals surface area contributed by atoms with Crippen molar-refractivity contribution >= 4 is 22.2 Å². The van der Waals surface area contributed by atoms with Gasteiger partial charge in [0.25, 0.3) is 0 Å². The van der Waals surface area contributed by atoms with Gasteiger partial charge < -0.3 is 9.69 Å². The van der Waals surface area contributed by atoms with Crippen LogP contribution >= 0.6 is 15.9 Å². The molecule has 0 N–H and O–H groups in total. The molecule has 1 aliphatic carbocycles. The summed E-state index contributed by atoms with van der Waals surface area (Å²) in [6, 6.07) is 8.38. The molecule has 1 aromatic rings. The van der Waals surface area contributed by atoms with Gasteiger partial charge in [0.2, 0.25) is 0 Å². The summed E-state index contributed by atoms with van der Waals surface area (Å²) in [6.45, 7) is 4.06. The van der Waals surface area contributed by atoms with Crippen molar-refractivity contribution in [2.24, 2.45) is 11.3 Å². The van der Waals surface area contributed by atoms with E-state index in [2.05, 4.69) is 53.0 Å². The highest BCUT2D eigenvalue weighted by Gasteiger charge is 2.34. The second-order valence-electron chi connectivity index (χ2n) is 6.46. The Morgan fingerprint density at radius 1 is 1.40 bits per heavy atom. The Kier molecular flexibility index (Phi) is 5.39. The van der Waals surface area contributed by atoms with E-state index in [1.54, 1.807) is 0 Å². The minimum atomic E-state index is -0.118. The number of rotatable bonds is 5. The average Bonchev–Trinajstić information content (AvgIpc) is 2.41. The summed E-state index contributed by atoms with van der Waals surface area (Å²) in [7, 11) is 2.12. The highest BCUT2D eigenvalue weighted by atomic mass is 79.9. The molecular formula is C17H24BrNO. The summed E-state index contributed by atoms with van der Waals surface area (Å²) in [6.07, 6.45) is 5.67. The highest BCUT2D eigenvalue weighted by Crippen LogP contribution is 2.37. The van der Waals surface area contributed by atoms with Crippen molar-refractivity contribution < 1.29 is 4.79 Å². The van der Waals surface area contributed by atoms with Gasteiger partial charge in [-0.3, -0.25) is 0 Å². The zero-order valence-electron chi connectivity index (χ0n) is 12.4. The molecule has 110 valence electrons. The van der Waals surface area contributed by atoms with E-state index in [4.69, 9.17) is 0 Å². The minimum Gasteiger partial charge on any atom is -0.303 e. The Morgan fingerprint density at radius 2 is 2.10 bits per heavy atom. The number of hydrogen-bond acceptors (Lipinski definition) is 2. The van der Waals surface area contributed by atoms with Crippen molar-refractivity contribution in [1.82, 2.24) is 4.90 Å². The van der Waals surface area contributed by atoms with Gasteiger partial charge >= 0.3 is 0 Å². The summed E-state index contributed by atoms with van der Waals surface area (Å²) in [5.41, 5.74) is 1.17. The van der Waals surface area contributed by atoms with E-state index in [1.165, 1.54) is 24.7 Å². The van der Waals surface area contributed by atoms with E-state index in [1.807, 2.05) is 6.07 Å². The van der Waals surface area contributed by atoms with Gasteiger partial charge in [-0.05, 0) is 56.3 Å². The summed E-state index contributed by atoms with van der Waals surface area (Å²) in [5, 5.41) is 0. The van der Waals surface area contributed by atoms with Crippen molar-refractivity contribution in [3.63, 3.8) is 0 Å². The minimum absolute atomic E-state index is 0.118. The molecule has 2 rings (SSSR count). The highest BCUT2D eigenvalue weighted by molar-refractivity contribution is 9.10. The van der Waals surface area contributed by atoms with Crippen LogP contribution in [0, 0.1) is 11.3 Å². The third-order valence-corrected chi connectivity index (χ3v) is 4.94. The molecule has 2 nitrogen and oxygen atoms in total. The molecule has 0 saturated heterocycles. The molecule has 1 aliphatic rings. The van der Waals surface area contributed by atoms with Gasteiger partial charge in [-0.1, -0.05) is 35.0 Å². The lowest BCUT2D eigenvalue weighted by Crippen LogP contribution is -2.39. The first-order valence-electron chi connectivity index (χ1n) is 7.42. The molecule has 0 spiro atoms. The molecule has 1 fully saturated rings. The molecule has 0 atom stereocenters. The molecule has 0 heterocycles. The van der Waals surface area contributed by atoms with Gasteiger partial charge in [0, 0.05) is 23.0 Å². The van der Waals surface area contributed by atoms with E-state index < -0.39 is 0 Å². The monoisotopic (exact) mass is 337 g/mol. The van der Waals surface area contributed by atoms with E-state index in [0.29, 0.717) is 0 Å². The van der Waals surface area contributed by atoms with Crippen LogP contribution in [0.25, 0.3) is 0 Å². The number of carbonyl (C=O) groups excluding carboxylic acids is 1. The average molecular weight is 338 g/mol. The summed E-state index contributed by atoms with van der Waals surface area (Å²) in [5.74, 6) is 0.776. The van der Waals surface area contributed by atoms with Crippen molar-refractivity contribution in [2.75, 3.05) is 13.6 Å². The van der Waals surface area contributed by atoms with Crippen LogP contribution in [0.1, 0.15) is 38.2 Å². The van der Waals surface area contributed by atoms with E-state index in [0.717, 1.165) is 36.3 Å². The molecule has 0 bridgehead atoms. The lowest BCUT2D eigenvalue weighted by Gasteiger charge is -2.37. The number of hydrogen-bond donors (Lipinski definition) is 0. The summed E-state index contributed by atoms with van der Waals surface area (Å²) >= 11 is 3.51. The van der Waals surface area contributed by atoms with E-state index >= 15 is 0 Å². The van der Waals surface area contributed by atoms with Gasteiger partial charge in [-0.2, -0.15) is 0 Å². The number of aldehydes is 1. The van der Waals surface area contributed by atoms with E-state index in [-0.39, 0.29) is 5.41 Å². The Morgan fingerprint density at radius 3 is 2.70 bits per heavy atom. The molecule has 1 aromatic carbocycles. The molecule has 0 aromatic heterocycles. The number of benzene rings is 1. The summed E-state index contributed by atoms with van der Waals surface area (Å²) < 4.78 is 1.11. The Bertz CT molecular complexity index is 452. The van der Waals surface area contributed by atoms with E-state index in [9.17, 15) is 4.79 Å². The lowest BCUT2D eigenvalue weighted by molar-refractivity contribution is -0.119.